The first-order valence-electron chi connectivity index (χ1n) is 10.8. The molecule has 1 aliphatic heterocycles. The minimum atomic E-state index is -4.16. The van der Waals surface area contributed by atoms with E-state index < -0.39 is 44.2 Å². The van der Waals surface area contributed by atoms with E-state index in [1.54, 1.807) is 13.8 Å². The van der Waals surface area contributed by atoms with Gasteiger partial charge in [-0.1, -0.05) is 39.5 Å². The Bertz CT molecular complexity index is 776. The first kappa shape index (κ1) is 30.5. The minimum absolute atomic E-state index is 0.0161. The molecule has 1 heterocycles. The number of ketones is 1. The van der Waals surface area contributed by atoms with E-state index in [1.165, 1.54) is 7.11 Å². The summed E-state index contributed by atoms with van der Waals surface area (Å²) in [7, 11) is -2.90. The zero-order valence-electron chi connectivity index (χ0n) is 20.2. The van der Waals surface area contributed by atoms with Crippen molar-refractivity contribution in [3.05, 3.63) is 0 Å². The lowest BCUT2D eigenvalue weighted by molar-refractivity contribution is -0.142. The fourth-order valence-corrected chi connectivity index (χ4v) is 5.09. The van der Waals surface area contributed by atoms with Gasteiger partial charge in [-0.2, -0.15) is 0 Å². The van der Waals surface area contributed by atoms with Gasteiger partial charge in [0.1, 0.15) is 6.10 Å². The summed E-state index contributed by atoms with van der Waals surface area (Å²) in [5.74, 6) is -0.477. The highest BCUT2D eigenvalue weighted by Crippen LogP contribution is 2.57. The summed E-state index contributed by atoms with van der Waals surface area (Å²) in [5.41, 5.74) is 4.96. The molecule has 3 N–H and O–H groups in total. The molecule has 3 atom stereocenters. The van der Waals surface area contributed by atoms with Crippen LogP contribution < -0.4 is 11.1 Å². The van der Waals surface area contributed by atoms with Gasteiger partial charge in [0.25, 0.3) is 0 Å². The third-order valence-electron chi connectivity index (χ3n) is 4.87. The van der Waals surface area contributed by atoms with Crippen molar-refractivity contribution < 1.29 is 46.8 Å². The number of phosphoric ester groups is 1. The standard InChI is InChI=1S/C20H35N2O10PS/c1-13(2)16(21)18(25)34-10-9-22-19(26)29-12-31-33(27)30-11-20(3,4)17(32-33)14(23)7-6-8-15(24)28-5/h13,16-17H,6-12,21H2,1-5H3,(H,22,26)/t16-,17-,33+/m0/s1. The quantitative estimate of drug-likeness (QED) is 0.156. The maximum Gasteiger partial charge on any atom is 0.478 e. The number of ether oxygens (including phenoxy) is 2. The largest absolute Gasteiger partial charge is 0.478 e. The smallest absolute Gasteiger partial charge is 0.469 e. The van der Waals surface area contributed by atoms with Crippen LogP contribution in [0, 0.1) is 11.3 Å². The molecule has 0 bridgehead atoms. The SMILES string of the molecule is COC(=O)CCCC(=O)[C@@H]1O[P@@](=O)(OCOC(=O)NCCSC(=O)[C@@H](N)C(C)C)OCC1(C)C. The van der Waals surface area contributed by atoms with Crippen molar-refractivity contribution in [3.63, 3.8) is 0 Å². The number of methoxy groups -OCH3 is 1. The van der Waals surface area contributed by atoms with Gasteiger partial charge in [-0.15, -0.1) is 0 Å². The predicted molar refractivity (Wildman–Crippen MR) is 124 cm³/mol. The number of thioether (sulfide) groups is 1. The molecule has 1 aliphatic rings. The molecule has 0 aliphatic carbocycles. The molecule has 0 aromatic carbocycles. The summed E-state index contributed by atoms with van der Waals surface area (Å²) in [6, 6.07) is -0.577. The van der Waals surface area contributed by atoms with Crippen molar-refractivity contribution in [2.24, 2.45) is 17.1 Å². The van der Waals surface area contributed by atoms with E-state index in [1.807, 2.05) is 13.8 Å². The first-order chi connectivity index (χ1) is 15.8. The van der Waals surface area contributed by atoms with Gasteiger partial charge in [0.15, 0.2) is 5.78 Å². The van der Waals surface area contributed by atoms with Crippen molar-refractivity contribution in [3.8, 4) is 0 Å². The number of hydrogen-bond donors (Lipinski definition) is 2. The predicted octanol–water partition coefficient (Wildman–Crippen LogP) is 2.39. The molecule has 1 rings (SSSR count). The van der Waals surface area contributed by atoms with Crippen molar-refractivity contribution >= 4 is 42.5 Å². The van der Waals surface area contributed by atoms with Crippen molar-refractivity contribution in [2.75, 3.05) is 32.8 Å². The summed E-state index contributed by atoms with van der Waals surface area (Å²) in [5, 5.41) is 2.24. The average molecular weight is 527 g/mol. The molecule has 1 saturated heterocycles. The second-order valence-electron chi connectivity index (χ2n) is 8.63. The lowest BCUT2D eigenvalue weighted by atomic mass is 9.84. The van der Waals surface area contributed by atoms with Crippen LogP contribution in [-0.4, -0.2) is 67.9 Å². The van der Waals surface area contributed by atoms with Crippen molar-refractivity contribution in [1.82, 2.24) is 5.32 Å². The Hall–Kier alpha value is -1.50. The monoisotopic (exact) mass is 526 g/mol. The van der Waals surface area contributed by atoms with Crippen LogP contribution in [0.1, 0.15) is 47.0 Å². The number of carbonyl (C=O) groups is 4. The minimum Gasteiger partial charge on any atom is -0.469 e. The van der Waals surface area contributed by atoms with Crippen LogP contribution in [0.4, 0.5) is 4.79 Å². The molecule has 14 heteroatoms. The average Bonchev–Trinajstić information content (AvgIpc) is 2.77. The number of alkyl carbamates (subject to hydrolysis) is 1. The highest BCUT2D eigenvalue weighted by Gasteiger charge is 2.48. The van der Waals surface area contributed by atoms with Crippen LogP contribution in [0.3, 0.4) is 0 Å². The maximum absolute atomic E-state index is 12.7. The Morgan fingerprint density at radius 3 is 2.53 bits per heavy atom. The van der Waals surface area contributed by atoms with E-state index in [2.05, 4.69) is 10.1 Å². The number of Topliss-reactive ketones (excluding diaryl/α,β-unsaturated/α-hetero) is 1. The highest BCUT2D eigenvalue weighted by molar-refractivity contribution is 8.13. The van der Waals surface area contributed by atoms with Crippen LogP contribution in [0.2, 0.25) is 0 Å². The molecule has 0 aromatic rings. The molecule has 0 unspecified atom stereocenters. The molecule has 1 amide bonds. The second kappa shape index (κ2) is 14.2. The normalized spacial score (nSPS) is 22.6. The van der Waals surface area contributed by atoms with Gasteiger partial charge in [-0.3, -0.25) is 23.4 Å². The molecule has 1 fully saturated rings. The van der Waals surface area contributed by atoms with Gasteiger partial charge >= 0.3 is 19.9 Å². The van der Waals surface area contributed by atoms with Crippen LogP contribution in [0.5, 0.6) is 0 Å². The van der Waals surface area contributed by atoms with Crippen LogP contribution in [0.25, 0.3) is 0 Å². The molecule has 0 spiro atoms. The number of amides is 1. The third-order valence-corrected chi connectivity index (χ3v) is 7.17. The number of phosphoric acid groups is 1. The topological polar surface area (TPSA) is 170 Å². The Kier molecular flexibility index (Phi) is 12.7. The molecular formula is C20H35N2O10PS. The number of esters is 1. The number of nitrogens with one attached hydrogen (secondary N) is 1. The van der Waals surface area contributed by atoms with Gasteiger partial charge in [-0.25, -0.2) is 13.9 Å². The Morgan fingerprint density at radius 1 is 1.24 bits per heavy atom. The number of hydrogen-bond acceptors (Lipinski definition) is 12. The lowest BCUT2D eigenvalue weighted by Gasteiger charge is -2.39. The summed E-state index contributed by atoms with van der Waals surface area (Å²) in [6.45, 7) is 6.41. The fraction of sp³-hybridized carbons (Fsp3) is 0.800. The van der Waals surface area contributed by atoms with Gasteiger partial charge in [0.05, 0.1) is 19.8 Å². The van der Waals surface area contributed by atoms with E-state index in [0.29, 0.717) is 5.75 Å². The fourth-order valence-electron chi connectivity index (χ4n) is 2.69. The van der Waals surface area contributed by atoms with E-state index in [-0.39, 0.29) is 49.2 Å². The van der Waals surface area contributed by atoms with E-state index in [0.717, 1.165) is 11.8 Å². The number of carbonyl (C=O) groups excluding carboxylic acids is 4. The van der Waals surface area contributed by atoms with E-state index in [9.17, 15) is 23.7 Å². The van der Waals surface area contributed by atoms with Gasteiger partial charge in [0, 0.05) is 30.6 Å². The zero-order chi connectivity index (χ0) is 25.9. The first-order valence-corrected chi connectivity index (χ1v) is 13.3. The van der Waals surface area contributed by atoms with Gasteiger partial charge in [-0.05, 0) is 12.3 Å². The van der Waals surface area contributed by atoms with Gasteiger partial charge in [0.2, 0.25) is 11.9 Å². The van der Waals surface area contributed by atoms with Crippen LogP contribution in [0.15, 0.2) is 0 Å². The molecule has 0 aromatic heterocycles. The highest BCUT2D eigenvalue weighted by atomic mass is 32.2. The Morgan fingerprint density at radius 2 is 1.91 bits per heavy atom. The summed E-state index contributed by atoms with van der Waals surface area (Å²) < 4.78 is 37.6. The van der Waals surface area contributed by atoms with E-state index >= 15 is 0 Å². The van der Waals surface area contributed by atoms with Crippen molar-refractivity contribution in [1.29, 1.82) is 0 Å². The molecule has 0 saturated carbocycles. The van der Waals surface area contributed by atoms with Crippen molar-refractivity contribution in [2.45, 2.75) is 59.1 Å². The molecule has 12 nitrogen and oxygen atoms in total. The van der Waals surface area contributed by atoms with E-state index in [4.69, 9.17) is 24.0 Å². The Labute approximate surface area is 203 Å². The lowest BCUT2D eigenvalue weighted by Crippen LogP contribution is -2.45. The Balaban J connectivity index is 2.42. The summed E-state index contributed by atoms with van der Waals surface area (Å²) in [4.78, 5) is 47.4. The summed E-state index contributed by atoms with van der Waals surface area (Å²) in [6.07, 6.45) is -1.61. The summed E-state index contributed by atoms with van der Waals surface area (Å²) >= 11 is 1.00. The second-order valence-corrected chi connectivity index (χ2v) is 11.4. The van der Waals surface area contributed by atoms with Crippen LogP contribution >= 0.6 is 19.6 Å². The molecular weight excluding hydrogens is 491 g/mol. The maximum atomic E-state index is 12.7. The third kappa shape index (κ3) is 10.4. The number of rotatable bonds is 13. The molecule has 34 heavy (non-hydrogen) atoms. The zero-order valence-corrected chi connectivity index (χ0v) is 21.9. The number of nitrogens with two attached hydrogens (primary N) is 1. The van der Waals surface area contributed by atoms with Gasteiger partial charge < -0.3 is 20.5 Å². The molecule has 0 radical (unpaired) electrons. The molecule has 196 valence electrons. The van der Waals surface area contributed by atoms with Crippen LogP contribution in [-0.2, 0) is 42.0 Å².